The topological polar surface area (TPSA) is 75.3 Å². The van der Waals surface area contributed by atoms with Gasteiger partial charge >= 0.3 is 0 Å². The summed E-state index contributed by atoms with van der Waals surface area (Å²) in [6.45, 7) is 9.57. The second kappa shape index (κ2) is 8.12. The molecule has 0 radical (unpaired) electrons. The minimum Gasteiger partial charge on any atom is -0.391 e. The summed E-state index contributed by atoms with van der Waals surface area (Å²) in [5.74, 6) is 0. The lowest BCUT2D eigenvalue weighted by Crippen LogP contribution is -3.29. The average Bonchev–Trinajstić information content (AvgIpc) is 2.48. The quantitative estimate of drug-likeness (QED) is 0.452. The molecule has 0 saturated carbocycles. The van der Waals surface area contributed by atoms with Gasteiger partial charge in [0.15, 0.2) is 0 Å². The van der Waals surface area contributed by atoms with Crippen LogP contribution in [0.5, 0.6) is 0 Å². The molecule has 1 aliphatic heterocycles. The smallest absolute Gasteiger partial charge is 0.241 e. The molecular weight excluding hydrogens is 350 g/mol. The van der Waals surface area contributed by atoms with E-state index in [0.29, 0.717) is 5.02 Å². The summed E-state index contributed by atoms with van der Waals surface area (Å²) in [5, 5.41) is 9.53. The van der Waals surface area contributed by atoms with Gasteiger partial charge in [-0.15, -0.1) is 0 Å². The third-order valence-corrected chi connectivity index (χ3v) is 6.32. The van der Waals surface area contributed by atoms with Crippen LogP contribution in [0.25, 0.3) is 0 Å². The lowest BCUT2D eigenvalue weighted by Gasteiger charge is -2.34. The van der Waals surface area contributed by atoms with Gasteiger partial charge in [0.2, 0.25) is 10.0 Å². The van der Waals surface area contributed by atoms with Crippen LogP contribution in [0, 0.1) is 0 Å². The molecule has 0 bridgehead atoms. The summed E-state index contributed by atoms with van der Waals surface area (Å²) >= 11 is 5.82. The van der Waals surface area contributed by atoms with Gasteiger partial charge in [0.1, 0.15) is 32.7 Å². The molecule has 1 aliphatic rings. The lowest BCUT2D eigenvalue weighted by molar-refractivity contribution is -1.01. The van der Waals surface area contributed by atoms with Gasteiger partial charge in [-0.25, -0.2) is 8.42 Å². The van der Waals surface area contributed by atoms with Crippen molar-refractivity contribution in [1.29, 1.82) is 0 Å². The van der Waals surface area contributed by atoms with E-state index in [4.69, 9.17) is 16.7 Å². The van der Waals surface area contributed by atoms with Crippen molar-refractivity contribution in [3.63, 3.8) is 0 Å². The van der Waals surface area contributed by atoms with E-state index in [0.717, 1.165) is 39.3 Å². The Bertz CT molecular complexity index is 626. The molecule has 0 spiro atoms. The molecule has 8 heteroatoms. The molecule has 1 heterocycles. The third kappa shape index (κ3) is 5.68. The fraction of sp³-hybridized carbons (Fsp3) is 0.625. The van der Waals surface area contributed by atoms with Crippen molar-refractivity contribution in [3.8, 4) is 0 Å². The van der Waals surface area contributed by atoms with Gasteiger partial charge in [-0.3, -0.25) is 0 Å². The molecule has 1 saturated heterocycles. The van der Waals surface area contributed by atoms with Crippen LogP contribution >= 0.6 is 11.6 Å². The standard InChI is InChI=1S/C16H26ClN3O3S/c1-16(2,13-20-9-7-19(8-10-20)11-12-21)18-24(22,23)15-5-3-14(17)4-6-15/h3-6,18,21H,7-13H2,1-2H3/p+2. The number of sulfonamides is 1. The number of aliphatic hydroxyl groups excluding tert-OH is 1. The number of aliphatic hydroxyl groups is 1. The number of piperazine rings is 1. The maximum atomic E-state index is 12.5. The van der Waals surface area contributed by atoms with Crippen LogP contribution in [-0.2, 0) is 10.0 Å². The number of halogens is 1. The first-order valence-electron chi connectivity index (χ1n) is 8.29. The van der Waals surface area contributed by atoms with E-state index >= 15 is 0 Å². The Labute approximate surface area is 149 Å². The van der Waals surface area contributed by atoms with Crippen molar-refractivity contribution in [3.05, 3.63) is 29.3 Å². The highest BCUT2D eigenvalue weighted by molar-refractivity contribution is 7.89. The molecule has 6 nitrogen and oxygen atoms in total. The summed E-state index contributed by atoms with van der Waals surface area (Å²) in [6.07, 6.45) is 0. The highest BCUT2D eigenvalue weighted by Gasteiger charge is 2.33. The lowest BCUT2D eigenvalue weighted by atomic mass is 10.1. The van der Waals surface area contributed by atoms with Crippen LogP contribution in [0.4, 0.5) is 0 Å². The Hall–Kier alpha value is -0.700. The Balaban J connectivity index is 1.94. The van der Waals surface area contributed by atoms with E-state index in [2.05, 4.69) is 4.72 Å². The van der Waals surface area contributed by atoms with Crippen LogP contribution in [0.2, 0.25) is 5.02 Å². The Morgan fingerprint density at radius 1 is 1.12 bits per heavy atom. The normalized spacial score (nSPS) is 22.5. The van der Waals surface area contributed by atoms with Crippen LogP contribution < -0.4 is 14.5 Å². The van der Waals surface area contributed by atoms with Crippen molar-refractivity contribution in [1.82, 2.24) is 4.72 Å². The summed E-state index contributed by atoms with van der Waals surface area (Å²) in [5.41, 5.74) is -0.539. The zero-order chi connectivity index (χ0) is 17.8. The largest absolute Gasteiger partial charge is 0.391 e. The van der Waals surface area contributed by atoms with Crippen molar-refractivity contribution in [2.75, 3.05) is 45.9 Å². The molecule has 0 unspecified atom stereocenters. The summed E-state index contributed by atoms with van der Waals surface area (Å²) in [6, 6.07) is 6.20. The molecule has 1 aromatic rings. The third-order valence-electron chi connectivity index (χ3n) is 4.36. The van der Waals surface area contributed by atoms with Crippen LogP contribution in [0.3, 0.4) is 0 Å². The zero-order valence-corrected chi connectivity index (χ0v) is 15.9. The summed E-state index contributed by atoms with van der Waals surface area (Å²) in [7, 11) is -3.57. The maximum Gasteiger partial charge on any atom is 0.241 e. The number of nitrogens with one attached hydrogen (secondary N) is 3. The van der Waals surface area contributed by atoms with Crippen molar-refractivity contribution < 1.29 is 23.3 Å². The minimum atomic E-state index is -3.57. The second-order valence-electron chi connectivity index (χ2n) is 7.09. The van der Waals surface area contributed by atoms with Gasteiger partial charge in [0.25, 0.3) is 0 Å². The van der Waals surface area contributed by atoms with E-state index in [9.17, 15) is 8.42 Å². The average molecular weight is 378 g/mol. The van der Waals surface area contributed by atoms with Crippen molar-refractivity contribution in [2.45, 2.75) is 24.3 Å². The van der Waals surface area contributed by atoms with E-state index < -0.39 is 15.6 Å². The number of hydrogen-bond donors (Lipinski definition) is 4. The molecule has 1 aromatic carbocycles. The summed E-state index contributed by atoms with van der Waals surface area (Å²) in [4.78, 5) is 3.04. The summed E-state index contributed by atoms with van der Waals surface area (Å²) < 4.78 is 27.9. The number of benzene rings is 1. The number of hydrogen-bond acceptors (Lipinski definition) is 3. The van der Waals surface area contributed by atoms with Gasteiger partial charge in [-0.1, -0.05) is 11.6 Å². The molecule has 1 fully saturated rings. The molecule has 2 rings (SSSR count). The monoisotopic (exact) mass is 377 g/mol. The molecule has 0 aliphatic carbocycles. The predicted octanol–water partition coefficient (Wildman–Crippen LogP) is -1.83. The fourth-order valence-electron chi connectivity index (χ4n) is 3.24. The Morgan fingerprint density at radius 3 is 2.21 bits per heavy atom. The van der Waals surface area contributed by atoms with Gasteiger partial charge in [0, 0.05) is 5.02 Å². The van der Waals surface area contributed by atoms with Crippen molar-refractivity contribution >= 4 is 21.6 Å². The van der Waals surface area contributed by atoms with Crippen molar-refractivity contribution in [2.24, 2.45) is 0 Å². The Kier molecular flexibility index (Phi) is 6.64. The SMILES string of the molecule is CC(C)(C[NH+]1CC[NH+](CCO)CC1)NS(=O)(=O)c1ccc(Cl)cc1. The van der Waals surface area contributed by atoms with Gasteiger partial charge < -0.3 is 14.9 Å². The molecular formula is C16H28ClN3O3S+2. The zero-order valence-electron chi connectivity index (χ0n) is 14.3. The van der Waals surface area contributed by atoms with Gasteiger partial charge in [-0.2, -0.15) is 4.72 Å². The Morgan fingerprint density at radius 2 is 1.67 bits per heavy atom. The molecule has 0 aromatic heterocycles. The number of rotatable bonds is 7. The molecule has 0 amide bonds. The van der Waals surface area contributed by atoms with E-state index in [1.54, 1.807) is 12.1 Å². The van der Waals surface area contributed by atoms with E-state index in [1.807, 2.05) is 13.8 Å². The first-order valence-corrected chi connectivity index (χ1v) is 10.2. The van der Waals surface area contributed by atoms with Gasteiger partial charge in [0.05, 0.1) is 23.6 Å². The van der Waals surface area contributed by atoms with Gasteiger partial charge in [-0.05, 0) is 38.1 Å². The maximum absolute atomic E-state index is 12.5. The van der Waals surface area contributed by atoms with Crippen LogP contribution in [-0.4, -0.2) is 64.9 Å². The van der Waals surface area contributed by atoms with Crippen LogP contribution in [0.1, 0.15) is 13.8 Å². The molecule has 0 atom stereocenters. The first kappa shape index (κ1) is 19.6. The molecule has 24 heavy (non-hydrogen) atoms. The van der Waals surface area contributed by atoms with E-state index in [-0.39, 0.29) is 11.5 Å². The fourth-order valence-corrected chi connectivity index (χ4v) is 4.78. The highest BCUT2D eigenvalue weighted by atomic mass is 35.5. The first-order chi connectivity index (χ1) is 11.2. The number of quaternary nitrogens is 2. The molecule has 4 N–H and O–H groups in total. The highest BCUT2D eigenvalue weighted by Crippen LogP contribution is 2.15. The van der Waals surface area contributed by atoms with Crippen LogP contribution in [0.15, 0.2) is 29.2 Å². The second-order valence-corrected chi connectivity index (χ2v) is 9.21. The minimum absolute atomic E-state index is 0.219. The predicted molar refractivity (Wildman–Crippen MR) is 94.1 cm³/mol. The molecule has 136 valence electrons. The van der Waals surface area contributed by atoms with E-state index in [1.165, 1.54) is 21.9 Å².